The molecule has 0 saturated heterocycles. The summed E-state index contributed by atoms with van der Waals surface area (Å²) in [6.07, 6.45) is 2.09. The largest absolute Gasteiger partial charge is 0.387 e. The fourth-order valence-electron chi connectivity index (χ4n) is 2.03. The van der Waals surface area contributed by atoms with Crippen molar-refractivity contribution in [3.63, 3.8) is 0 Å². The molecule has 1 aliphatic rings. The van der Waals surface area contributed by atoms with Gasteiger partial charge in [0.2, 0.25) is 0 Å². The lowest BCUT2D eigenvalue weighted by molar-refractivity contribution is 0.0794. The molecular formula is C16H22N2O2. The topological polar surface area (TPSA) is 56.5 Å². The van der Waals surface area contributed by atoms with E-state index in [1.165, 1.54) is 12.8 Å². The molecule has 1 N–H and O–H groups in total. The van der Waals surface area contributed by atoms with Crippen LogP contribution in [0.2, 0.25) is 0 Å². The van der Waals surface area contributed by atoms with E-state index < -0.39 is 6.10 Å². The van der Waals surface area contributed by atoms with Crippen LogP contribution in [0.3, 0.4) is 0 Å². The summed E-state index contributed by atoms with van der Waals surface area (Å²) >= 11 is 0. The molecule has 1 unspecified atom stereocenters. The van der Waals surface area contributed by atoms with Crippen LogP contribution in [0.15, 0.2) is 24.3 Å². The van der Waals surface area contributed by atoms with Gasteiger partial charge in [0.1, 0.15) is 0 Å². The first-order valence-electron chi connectivity index (χ1n) is 7.13. The van der Waals surface area contributed by atoms with Crippen LogP contribution in [0.1, 0.15) is 30.1 Å². The third kappa shape index (κ3) is 4.93. The van der Waals surface area contributed by atoms with Crippen molar-refractivity contribution in [2.24, 2.45) is 5.92 Å². The van der Waals surface area contributed by atoms with E-state index in [1.807, 2.05) is 7.05 Å². The smallest absolute Gasteiger partial charge is 0.0991 e. The average Bonchev–Trinajstić information content (AvgIpc) is 3.28. The fraction of sp³-hybridized carbons (Fsp3) is 0.562. The van der Waals surface area contributed by atoms with E-state index in [0.29, 0.717) is 18.7 Å². The lowest BCUT2D eigenvalue weighted by Crippen LogP contribution is -2.28. The maximum atomic E-state index is 10.1. The predicted molar refractivity (Wildman–Crippen MR) is 77.2 cm³/mol. The second kappa shape index (κ2) is 7.39. The number of likely N-dealkylation sites (N-methyl/N-ethyl adjacent to an activating group) is 1. The number of aliphatic hydroxyl groups excluding tert-OH is 1. The van der Waals surface area contributed by atoms with E-state index in [9.17, 15) is 5.11 Å². The Kier molecular flexibility index (Phi) is 5.54. The number of rotatable bonds is 8. The Balaban J connectivity index is 1.68. The third-order valence-electron chi connectivity index (χ3n) is 3.58. The van der Waals surface area contributed by atoms with Crippen LogP contribution in [-0.4, -0.2) is 43.4 Å². The van der Waals surface area contributed by atoms with Gasteiger partial charge in [-0.2, -0.15) is 5.26 Å². The summed E-state index contributed by atoms with van der Waals surface area (Å²) in [7, 11) is 1.98. The normalized spacial score (nSPS) is 16.1. The molecule has 1 saturated carbocycles. The molecule has 1 aromatic rings. The number of aliphatic hydroxyl groups is 1. The molecule has 20 heavy (non-hydrogen) atoms. The zero-order valence-electron chi connectivity index (χ0n) is 12.0. The average molecular weight is 274 g/mol. The van der Waals surface area contributed by atoms with Gasteiger partial charge in [-0.15, -0.1) is 0 Å². The summed E-state index contributed by atoms with van der Waals surface area (Å²) in [5.41, 5.74) is 1.46. The van der Waals surface area contributed by atoms with Crippen molar-refractivity contribution in [3.05, 3.63) is 35.4 Å². The van der Waals surface area contributed by atoms with Crippen molar-refractivity contribution in [1.82, 2.24) is 4.90 Å². The van der Waals surface area contributed by atoms with Crippen LogP contribution >= 0.6 is 0 Å². The van der Waals surface area contributed by atoms with Crippen molar-refractivity contribution >= 4 is 0 Å². The summed E-state index contributed by atoms with van der Waals surface area (Å²) in [4.78, 5) is 2.07. The summed E-state index contributed by atoms with van der Waals surface area (Å²) in [5.74, 6) is 0.796. The van der Waals surface area contributed by atoms with Gasteiger partial charge in [0.05, 0.1) is 24.3 Å². The van der Waals surface area contributed by atoms with Crippen LogP contribution in [0.25, 0.3) is 0 Å². The summed E-state index contributed by atoms with van der Waals surface area (Å²) < 4.78 is 5.59. The number of nitriles is 1. The number of nitrogens with zero attached hydrogens (tertiary/aromatic N) is 2. The lowest BCUT2D eigenvalue weighted by atomic mass is 10.1. The maximum Gasteiger partial charge on any atom is 0.0991 e. The van der Waals surface area contributed by atoms with Gasteiger partial charge in [0, 0.05) is 19.7 Å². The standard InChI is InChI=1S/C16H22N2O2/c1-18(8-9-20-12-14-2-3-14)11-16(19)15-6-4-13(10-17)5-7-15/h4-7,14,16,19H,2-3,8-9,11-12H2,1H3. The summed E-state index contributed by atoms with van der Waals surface area (Å²) in [6, 6.07) is 9.15. The van der Waals surface area contributed by atoms with Crippen LogP contribution in [-0.2, 0) is 4.74 Å². The summed E-state index contributed by atoms with van der Waals surface area (Å²) in [6.45, 7) is 2.98. The molecule has 0 amide bonds. The molecule has 0 bridgehead atoms. The highest BCUT2D eigenvalue weighted by atomic mass is 16.5. The fourth-order valence-corrected chi connectivity index (χ4v) is 2.03. The van der Waals surface area contributed by atoms with Crippen molar-refractivity contribution < 1.29 is 9.84 Å². The summed E-state index contributed by atoms with van der Waals surface area (Å²) in [5, 5.41) is 18.9. The van der Waals surface area contributed by atoms with Crippen molar-refractivity contribution in [2.75, 3.05) is 33.4 Å². The van der Waals surface area contributed by atoms with Crippen LogP contribution in [0, 0.1) is 17.2 Å². The van der Waals surface area contributed by atoms with E-state index in [0.717, 1.165) is 24.6 Å². The molecule has 1 fully saturated rings. The predicted octanol–water partition coefficient (Wildman–Crippen LogP) is 1.95. The van der Waals surface area contributed by atoms with Crippen LogP contribution in [0.4, 0.5) is 0 Å². The molecular weight excluding hydrogens is 252 g/mol. The third-order valence-corrected chi connectivity index (χ3v) is 3.58. The first-order chi connectivity index (χ1) is 9.69. The molecule has 0 radical (unpaired) electrons. The Labute approximate surface area is 120 Å². The number of hydrogen-bond acceptors (Lipinski definition) is 4. The van der Waals surface area contributed by atoms with Gasteiger partial charge in [0.25, 0.3) is 0 Å². The molecule has 2 rings (SSSR count). The Morgan fingerprint density at radius 2 is 2.10 bits per heavy atom. The monoisotopic (exact) mass is 274 g/mol. The van der Waals surface area contributed by atoms with Crippen LogP contribution in [0.5, 0.6) is 0 Å². The highest BCUT2D eigenvalue weighted by Gasteiger charge is 2.21. The molecule has 4 nitrogen and oxygen atoms in total. The van der Waals surface area contributed by atoms with E-state index in [1.54, 1.807) is 24.3 Å². The van der Waals surface area contributed by atoms with E-state index in [4.69, 9.17) is 10.00 Å². The highest BCUT2D eigenvalue weighted by molar-refractivity contribution is 5.32. The van der Waals surface area contributed by atoms with Crippen LogP contribution < -0.4 is 0 Å². The Morgan fingerprint density at radius 1 is 1.40 bits per heavy atom. The van der Waals surface area contributed by atoms with Crippen molar-refractivity contribution in [2.45, 2.75) is 18.9 Å². The van der Waals surface area contributed by atoms with Gasteiger partial charge in [-0.3, -0.25) is 0 Å². The molecule has 0 spiro atoms. The zero-order valence-corrected chi connectivity index (χ0v) is 12.0. The molecule has 1 aliphatic carbocycles. The number of hydrogen-bond donors (Lipinski definition) is 1. The minimum Gasteiger partial charge on any atom is -0.387 e. The quantitative estimate of drug-likeness (QED) is 0.736. The molecule has 108 valence electrons. The second-order valence-electron chi connectivity index (χ2n) is 5.53. The SMILES string of the molecule is CN(CCOCC1CC1)CC(O)c1ccc(C#N)cc1. The Hall–Kier alpha value is -1.41. The first-order valence-corrected chi connectivity index (χ1v) is 7.13. The van der Waals surface area contributed by atoms with Gasteiger partial charge in [-0.05, 0) is 43.5 Å². The van der Waals surface area contributed by atoms with Crippen molar-refractivity contribution in [1.29, 1.82) is 5.26 Å². The minimum absolute atomic E-state index is 0.531. The minimum atomic E-state index is -0.531. The van der Waals surface area contributed by atoms with Gasteiger partial charge in [0.15, 0.2) is 0 Å². The van der Waals surface area contributed by atoms with E-state index >= 15 is 0 Å². The molecule has 0 heterocycles. The van der Waals surface area contributed by atoms with E-state index in [-0.39, 0.29) is 0 Å². The lowest BCUT2D eigenvalue weighted by Gasteiger charge is -2.20. The van der Waals surface area contributed by atoms with Gasteiger partial charge in [-0.25, -0.2) is 0 Å². The van der Waals surface area contributed by atoms with E-state index in [2.05, 4.69) is 11.0 Å². The first kappa shape index (κ1) is 15.0. The molecule has 0 aromatic heterocycles. The maximum absolute atomic E-state index is 10.1. The molecule has 1 atom stereocenters. The highest BCUT2D eigenvalue weighted by Crippen LogP contribution is 2.28. The van der Waals surface area contributed by atoms with Crippen molar-refractivity contribution in [3.8, 4) is 6.07 Å². The number of benzene rings is 1. The van der Waals surface area contributed by atoms with Gasteiger partial charge < -0.3 is 14.7 Å². The van der Waals surface area contributed by atoms with Gasteiger partial charge in [-0.1, -0.05) is 12.1 Å². The zero-order chi connectivity index (χ0) is 14.4. The molecule has 1 aromatic carbocycles. The van der Waals surface area contributed by atoms with Gasteiger partial charge >= 0.3 is 0 Å². The Morgan fingerprint density at radius 3 is 2.70 bits per heavy atom. The number of ether oxygens (including phenoxy) is 1. The molecule has 0 aliphatic heterocycles. The molecule has 4 heteroatoms. The second-order valence-corrected chi connectivity index (χ2v) is 5.53. The Bertz CT molecular complexity index is 449.